The van der Waals surface area contributed by atoms with Gasteiger partial charge in [-0.2, -0.15) is 4.98 Å². The van der Waals surface area contributed by atoms with Crippen LogP contribution < -0.4 is 14.4 Å². The number of ether oxygens (including phenoxy) is 2. The third-order valence-corrected chi connectivity index (χ3v) is 5.13. The van der Waals surface area contributed by atoms with Gasteiger partial charge in [0.05, 0.1) is 24.8 Å². The van der Waals surface area contributed by atoms with Crippen molar-refractivity contribution in [2.24, 2.45) is 0 Å². The van der Waals surface area contributed by atoms with Crippen LogP contribution in [0, 0.1) is 5.82 Å². The van der Waals surface area contributed by atoms with Gasteiger partial charge in [0.15, 0.2) is 11.5 Å². The summed E-state index contributed by atoms with van der Waals surface area (Å²) in [4.78, 5) is 18.3. The van der Waals surface area contributed by atoms with E-state index in [1.54, 1.807) is 19.2 Å². The highest BCUT2D eigenvalue weighted by Gasteiger charge is 2.36. The molecule has 162 valence electrons. The summed E-state index contributed by atoms with van der Waals surface area (Å²) in [7, 11) is 1.56. The van der Waals surface area contributed by atoms with Gasteiger partial charge in [-0.25, -0.2) is 4.39 Å². The molecule has 1 aliphatic rings. The molecule has 1 aromatic heterocycles. The Labute approximate surface area is 183 Å². The molecule has 1 amide bonds. The lowest BCUT2D eigenvalue weighted by molar-refractivity contribution is -0.117. The van der Waals surface area contributed by atoms with E-state index in [1.165, 1.54) is 23.1 Å². The van der Waals surface area contributed by atoms with Gasteiger partial charge in [-0.3, -0.25) is 4.79 Å². The van der Waals surface area contributed by atoms with Crippen LogP contribution in [0.3, 0.4) is 0 Å². The van der Waals surface area contributed by atoms with E-state index in [2.05, 4.69) is 10.1 Å². The van der Waals surface area contributed by atoms with E-state index in [0.29, 0.717) is 33.8 Å². The minimum absolute atomic E-state index is 0.00344. The number of halogens is 2. The number of aromatic nitrogens is 2. The molecule has 0 saturated carbocycles. The predicted molar refractivity (Wildman–Crippen MR) is 113 cm³/mol. The van der Waals surface area contributed by atoms with Gasteiger partial charge in [0, 0.05) is 23.6 Å². The SMILES string of the molecule is COc1cc(-c2noc(C3CC(=O)N(c4cc(Cl)ccc4F)C3)n2)ccc1OC(C)C. The molecule has 1 unspecified atom stereocenters. The molecule has 31 heavy (non-hydrogen) atoms. The monoisotopic (exact) mass is 445 g/mol. The van der Waals surface area contributed by atoms with Crippen LogP contribution in [0.4, 0.5) is 10.1 Å². The summed E-state index contributed by atoms with van der Waals surface area (Å²) in [5.41, 5.74) is 0.829. The molecular weight excluding hydrogens is 425 g/mol. The number of benzene rings is 2. The summed E-state index contributed by atoms with van der Waals surface area (Å²) in [6, 6.07) is 9.47. The van der Waals surface area contributed by atoms with E-state index in [9.17, 15) is 9.18 Å². The van der Waals surface area contributed by atoms with Crippen LogP contribution in [0.2, 0.25) is 5.02 Å². The van der Waals surface area contributed by atoms with Crippen LogP contribution in [0.1, 0.15) is 32.1 Å². The number of carbonyl (C=O) groups excluding carboxylic acids is 1. The van der Waals surface area contributed by atoms with Crippen molar-refractivity contribution >= 4 is 23.2 Å². The van der Waals surface area contributed by atoms with Gasteiger partial charge < -0.3 is 18.9 Å². The van der Waals surface area contributed by atoms with E-state index in [-0.39, 0.29) is 36.6 Å². The van der Waals surface area contributed by atoms with Crippen molar-refractivity contribution in [2.75, 3.05) is 18.6 Å². The standard InChI is InChI=1S/C22H21ClFN3O4/c1-12(2)30-18-7-4-13(8-19(18)29-3)21-25-22(31-26-21)14-9-20(28)27(11-14)17-10-15(23)5-6-16(17)24/h4-8,10,12,14H,9,11H2,1-3H3. The molecule has 0 N–H and O–H groups in total. The first kappa shape index (κ1) is 21.1. The first-order valence-electron chi connectivity index (χ1n) is 9.79. The van der Waals surface area contributed by atoms with E-state index < -0.39 is 5.82 Å². The lowest BCUT2D eigenvalue weighted by Crippen LogP contribution is -2.25. The lowest BCUT2D eigenvalue weighted by Gasteiger charge is -2.17. The molecular formula is C22H21ClFN3O4. The molecule has 9 heteroatoms. The smallest absolute Gasteiger partial charge is 0.232 e. The fourth-order valence-corrected chi connectivity index (χ4v) is 3.64. The van der Waals surface area contributed by atoms with E-state index in [4.69, 9.17) is 25.6 Å². The first-order valence-corrected chi connectivity index (χ1v) is 10.2. The second-order valence-electron chi connectivity index (χ2n) is 7.49. The molecule has 1 fully saturated rings. The largest absolute Gasteiger partial charge is 0.493 e. The molecule has 0 aliphatic carbocycles. The van der Waals surface area contributed by atoms with Gasteiger partial charge in [0.2, 0.25) is 17.6 Å². The quantitative estimate of drug-likeness (QED) is 0.540. The van der Waals surface area contributed by atoms with E-state index >= 15 is 0 Å². The van der Waals surface area contributed by atoms with Crippen LogP contribution in [-0.4, -0.2) is 35.8 Å². The van der Waals surface area contributed by atoms with Gasteiger partial charge in [-0.15, -0.1) is 0 Å². The second kappa shape index (κ2) is 8.55. The molecule has 2 heterocycles. The molecule has 0 spiro atoms. The fraction of sp³-hybridized carbons (Fsp3) is 0.318. The minimum Gasteiger partial charge on any atom is -0.493 e. The van der Waals surface area contributed by atoms with Crippen molar-refractivity contribution in [3.8, 4) is 22.9 Å². The van der Waals surface area contributed by atoms with Gasteiger partial charge in [-0.1, -0.05) is 16.8 Å². The van der Waals surface area contributed by atoms with Gasteiger partial charge >= 0.3 is 0 Å². The molecule has 1 atom stereocenters. The Kier molecular flexibility index (Phi) is 5.82. The maximum atomic E-state index is 14.2. The zero-order valence-corrected chi connectivity index (χ0v) is 18.0. The van der Waals surface area contributed by atoms with Crippen LogP contribution >= 0.6 is 11.6 Å². The summed E-state index contributed by atoms with van der Waals surface area (Å²) >= 11 is 5.97. The zero-order chi connectivity index (χ0) is 22.1. The predicted octanol–water partition coefficient (Wildman–Crippen LogP) is 4.85. The average Bonchev–Trinajstić information content (AvgIpc) is 3.37. The molecule has 0 radical (unpaired) electrons. The summed E-state index contributed by atoms with van der Waals surface area (Å²) in [6.45, 7) is 4.09. The number of amides is 1. The van der Waals surface area contributed by atoms with Gasteiger partial charge in [0.1, 0.15) is 5.82 Å². The Morgan fingerprint density at radius 3 is 2.77 bits per heavy atom. The highest BCUT2D eigenvalue weighted by molar-refractivity contribution is 6.31. The van der Waals surface area contributed by atoms with Crippen molar-refractivity contribution in [1.29, 1.82) is 0 Å². The summed E-state index contributed by atoms with van der Waals surface area (Å²) in [5, 5.41) is 4.40. The Bertz CT molecular complexity index is 1120. The maximum absolute atomic E-state index is 14.2. The van der Waals surface area contributed by atoms with Gasteiger partial charge in [0.25, 0.3) is 0 Å². The van der Waals surface area contributed by atoms with Crippen LogP contribution in [0.5, 0.6) is 11.5 Å². The number of anilines is 1. The average molecular weight is 446 g/mol. The normalized spacial score (nSPS) is 16.3. The maximum Gasteiger partial charge on any atom is 0.232 e. The lowest BCUT2D eigenvalue weighted by atomic mass is 10.1. The van der Waals surface area contributed by atoms with Crippen LogP contribution in [0.25, 0.3) is 11.4 Å². The first-order chi connectivity index (χ1) is 14.9. The molecule has 2 aromatic carbocycles. The summed E-state index contributed by atoms with van der Waals surface area (Å²) in [5.74, 6) is 0.751. The van der Waals surface area contributed by atoms with Crippen molar-refractivity contribution in [2.45, 2.75) is 32.3 Å². The number of rotatable bonds is 6. The second-order valence-corrected chi connectivity index (χ2v) is 7.93. The zero-order valence-electron chi connectivity index (χ0n) is 17.3. The number of nitrogens with zero attached hydrogens (tertiary/aromatic N) is 3. The Morgan fingerprint density at radius 2 is 2.03 bits per heavy atom. The molecule has 3 aromatic rings. The van der Waals surface area contributed by atoms with E-state index in [0.717, 1.165) is 0 Å². The Hall–Kier alpha value is -3.13. The number of hydrogen-bond donors (Lipinski definition) is 0. The Morgan fingerprint density at radius 1 is 1.23 bits per heavy atom. The van der Waals surface area contributed by atoms with Crippen LogP contribution in [0.15, 0.2) is 40.9 Å². The fourth-order valence-electron chi connectivity index (χ4n) is 3.47. The number of methoxy groups -OCH3 is 1. The molecule has 1 aliphatic heterocycles. The minimum atomic E-state index is -0.514. The van der Waals surface area contributed by atoms with Crippen LogP contribution in [-0.2, 0) is 4.79 Å². The summed E-state index contributed by atoms with van der Waals surface area (Å²) < 4.78 is 30.8. The van der Waals surface area contributed by atoms with Crippen molar-refractivity contribution in [1.82, 2.24) is 10.1 Å². The van der Waals surface area contributed by atoms with Crippen molar-refractivity contribution in [3.05, 3.63) is 53.1 Å². The van der Waals surface area contributed by atoms with Gasteiger partial charge in [-0.05, 0) is 50.2 Å². The third kappa shape index (κ3) is 4.34. The highest BCUT2D eigenvalue weighted by Crippen LogP contribution is 2.36. The van der Waals surface area contributed by atoms with Crippen molar-refractivity contribution < 1.29 is 23.2 Å². The molecule has 0 bridgehead atoms. The Balaban J connectivity index is 1.55. The number of hydrogen-bond acceptors (Lipinski definition) is 6. The molecule has 1 saturated heterocycles. The summed E-state index contributed by atoms with van der Waals surface area (Å²) in [6.07, 6.45) is 0.140. The number of carbonyl (C=O) groups is 1. The molecule has 4 rings (SSSR count). The topological polar surface area (TPSA) is 77.7 Å². The highest BCUT2D eigenvalue weighted by atomic mass is 35.5. The van der Waals surface area contributed by atoms with E-state index in [1.807, 2.05) is 19.9 Å². The third-order valence-electron chi connectivity index (χ3n) is 4.90. The van der Waals surface area contributed by atoms with Crippen molar-refractivity contribution in [3.63, 3.8) is 0 Å². The molecule has 7 nitrogen and oxygen atoms in total.